The SMILES string of the molecule is COc1cc2ccccc2cc1C(=O)N/N=C\c1ccccc1OCc1ccccc1. The summed E-state index contributed by atoms with van der Waals surface area (Å²) in [6.07, 6.45) is 1.58. The van der Waals surface area contributed by atoms with E-state index < -0.39 is 0 Å². The van der Waals surface area contributed by atoms with Crippen molar-refractivity contribution in [2.24, 2.45) is 5.10 Å². The Kier molecular flexibility index (Phi) is 6.24. The number of hydrogen-bond acceptors (Lipinski definition) is 4. The number of rotatable bonds is 7. The normalized spacial score (nSPS) is 10.9. The molecule has 4 aromatic rings. The molecule has 0 aliphatic carbocycles. The van der Waals surface area contributed by atoms with E-state index in [-0.39, 0.29) is 5.91 Å². The monoisotopic (exact) mass is 410 g/mol. The summed E-state index contributed by atoms with van der Waals surface area (Å²) in [6, 6.07) is 28.9. The molecule has 0 saturated carbocycles. The molecule has 0 unspecified atom stereocenters. The van der Waals surface area contributed by atoms with Crippen molar-refractivity contribution in [1.29, 1.82) is 0 Å². The van der Waals surface area contributed by atoms with E-state index in [1.54, 1.807) is 19.4 Å². The van der Waals surface area contributed by atoms with Crippen LogP contribution in [0.3, 0.4) is 0 Å². The molecule has 5 nitrogen and oxygen atoms in total. The average molecular weight is 410 g/mol. The zero-order valence-corrected chi connectivity index (χ0v) is 17.1. The highest BCUT2D eigenvalue weighted by molar-refractivity contribution is 6.02. The molecule has 1 N–H and O–H groups in total. The van der Waals surface area contributed by atoms with Gasteiger partial charge in [0.15, 0.2) is 0 Å². The Balaban J connectivity index is 1.48. The van der Waals surface area contributed by atoms with Crippen molar-refractivity contribution < 1.29 is 14.3 Å². The minimum Gasteiger partial charge on any atom is -0.496 e. The molecule has 0 aliphatic heterocycles. The Bertz CT molecular complexity index is 1220. The van der Waals surface area contributed by atoms with Crippen LogP contribution >= 0.6 is 0 Å². The first-order valence-electron chi connectivity index (χ1n) is 9.90. The van der Waals surface area contributed by atoms with Crippen LogP contribution < -0.4 is 14.9 Å². The molecule has 4 rings (SSSR count). The van der Waals surface area contributed by atoms with Crippen molar-refractivity contribution in [3.8, 4) is 11.5 Å². The van der Waals surface area contributed by atoms with E-state index in [1.165, 1.54) is 0 Å². The minimum absolute atomic E-state index is 0.346. The predicted octanol–water partition coefficient (Wildman–Crippen LogP) is 5.19. The second-order valence-corrected chi connectivity index (χ2v) is 6.91. The van der Waals surface area contributed by atoms with E-state index in [0.29, 0.717) is 23.7 Å². The summed E-state index contributed by atoms with van der Waals surface area (Å²) in [6.45, 7) is 0.451. The molecule has 0 spiro atoms. The molecule has 0 radical (unpaired) electrons. The maximum absolute atomic E-state index is 12.7. The molecule has 4 aromatic carbocycles. The molecular weight excluding hydrogens is 388 g/mol. The standard InChI is InChI=1S/C26H22N2O3/c1-30-25-16-21-12-6-5-11-20(21)15-23(25)26(29)28-27-17-22-13-7-8-14-24(22)31-18-19-9-3-2-4-10-19/h2-17H,18H2,1H3,(H,28,29)/b27-17-. The van der Waals surface area contributed by atoms with E-state index in [2.05, 4.69) is 10.5 Å². The molecular formula is C26H22N2O3. The van der Waals surface area contributed by atoms with Crippen LogP contribution in [0.4, 0.5) is 0 Å². The Labute approximate surface area is 180 Å². The van der Waals surface area contributed by atoms with Crippen molar-refractivity contribution in [1.82, 2.24) is 5.43 Å². The van der Waals surface area contributed by atoms with Crippen molar-refractivity contribution in [3.05, 3.63) is 108 Å². The fourth-order valence-corrected chi connectivity index (χ4v) is 3.24. The van der Waals surface area contributed by atoms with Gasteiger partial charge in [-0.3, -0.25) is 4.79 Å². The number of hydrogen-bond donors (Lipinski definition) is 1. The minimum atomic E-state index is -0.346. The number of amides is 1. The van der Waals surface area contributed by atoms with Gasteiger partial charge >= 0.3 is 0 Å². The number of para-hydroxylation sites is 1. The maximum Gasteiger partial charge on any atom is 0.275 e. The fourth-order valence-electron chi connectivity index (χ4n) is 3.24. The molecule has 0 saturated heterocycles. The number of fused-ring (bicyclic) bond motifs is 1. The molecule has 0 bridgehead atoms. The third kappa shape index (κ3) is 4.90. The smallest absolute Gasteiger partial charge is 0.275 e. The molecule has 0 heterocycles. The predicted molar refractivity (Wildman–Crippen MR) is 123 cm³/mol. The molecule has 154 valence electrons. The number of nitrogens with zero attached hydrogens (tertiary/aromatic N) is 1. The number of benzene rings is 4. The summed E-state index contributed by atoms with van der Waals surface area (Å²) in [5.41, 5.74) is 4.85. The maximum atomic E-state index is 12.7. The van der Waals surface area contributed by atoms with E-state index in [4.69, 9.17) is 9.47 Å². The van der Waals surface area contributed by atoms with Crippen LogP contribution in [0.5, 0.6) is 11.5 Å². The molecule has 1 amide bonds. The summed E-state index contributed by atoms with van der Waals surface area (Å²) >= 11 is 0. The molecule has 31 heavy (non-hydrogen) atoms. The lowest BCUT2D eigenvalue weighted by Crippen LogP contribution is -2.18. The summed E-state index contributed by atoms with van der Waals surface area (Å²) in [5.74, 6) is 0.840. The van der Waals surface area contributed by atoms with Crippen LogP contribution in [-0.4, -0.2) is 19.2 Å². The van der Waals surface area contributed by atoms with E-state index in [0.717, 1.165) is 21.9 Å². The Morgan fingerprint density at radius 2 is 1.55 bits per heavy atom. The molecule has 0 aromatic heterocycles. The lowest BCUT2D eigenvalue weighted by molar-refractivity contribution is 0.0952. The molecule has 0 atom stereocenters. The Morgan fingerprint density at radius 3 is 2.32 bits per heavy atom. The largest absolute Gasteiger partial charge is 0.496 e. The van der Waals surface area contributed by atoms with Crippen LogP contribution in [0.25, 0.3) is 10.8 Å². The van der Waals surface area contributed by atoms with E-state index >= 15 is 0 Å². The van der Waals surface area contributed by atoms with E-state index in [9.17, 15) is 4.79 Å². The van der Waals surface area contributed by atoms with Gasteiger partial charge in [0, 0.05) is 5.56 Å². The topological polar surface area (TPSA) is 59.9 Å². The second-order valence-electron chi connectivity index (χ2n) is 6.91. The van der Waals surface area contributed by atoms with Crippen LogP contribution in [0.1, 0.15) is 21.5 Å². The summed E-state index contributed by atoms with van der Waals surface area (Å²) < 4.78 is 11.3. The van der Waals surface area contributed by atoms with Crippen molar-refractivity contribution >= 4 is 22.9 Å². The molecule has 0 fully saturated rings. The van der Waals surface area contributed by atoms with Gasteiger partial charge in [-0.1, -0.05) is 66.7 Å². The first kappa shape index (κ1) is 20.2. The van der Waals surface area contributed by atoms with Crippen molar-refractivity contribution in [2.75, 3.05) is 7.11 Å². The van der Waals surface area contributed by atoms with Gasteiger partial charge < -0.3 is 9.47 Å². The number of ether oxygens (including phenoxy) is 2. The summed E-state index contributed by atoms with van der Waals surface area (Å²) in [7, 11) is 1.55. The van der Waals surface area contributed by atoms with Gasteiger partial charge in [-0.05, 0) is 40.6 Å². The number of carbonyl (C=O) groups excluding carboxylic acids is 1. The average Bonchev–Trinajstić information content (AvgIpc) is 2.83. The zero-order valence-electron chi connectivity index (χ0n) is 17.1. The van der Waals surface area contributed by atoms with Gasteiger partial charge in [-0.15, -0.1) is 0 Å². The third-order valence-corrected chi connectivity index (χ3v) is 4.84. The van der Waals surface area contributed by atoms with E-state index in [1.807, 2.05) is 84.9 Å². The number of methoxy groups -OCH3 is 1. The number of carbonyl (C=O) groups is 1. The first-order valence-corrected chi connectivity index (χ1v) is 9.90. The van der Waals surface area contributed by atoms with Gasteiger partial charge in [-0.25, -0.2) is 5.43 Å². The zero-order chi connectivity index (χ0) is 21.5. The highest BCUT2D eigenvalue weighted by Crippen LogP contribution is 2.26. The van der Waals surface area contributed by atoms with Crippen LogP contribution in [0.15, 0.2) is 96.1 Å². The molecule has 0 aliphatic rings. The van der Waals surface area contributed by atoms with Crippen LogP contribution in [-0.2, 0) is 6.61 Å². The van der Waals surface area contributed by atoms with Gasteiger partial charge in [0.05, 0.1) is 18.9 Å². The number of nitrogens with one attached hydrogen (secondary N) is 1. The second kappa shape index (κ2) is 9.59. The summed E-state index contributed by atoms with van der Waals surface area (Å²) in [5, 5.41) is 6.09. The first-order chi connectivity index (χ1) is 15.2. The lowest BCUT2D eigenvalue weighted by Gasteiger charge is -2.10. The van der Waals surface area contributed by atoms with Crippen molar-refractivity contribution in [2.45, 2.75) is 6.61 Å². The highest BCUT2D eigenvalue weighted by atomic mass is 16.5. The third-order valence-electron chi connectivity index (χ3n) is 4.84. The fraction of sp³-hybridized carbons (Fsp3) is 0.0769. The van der Waals surface area contributed by atoms with Crippen molar-refractivity contribution in [3.63, 3.8) is 0 Å². The van der Waals surface area contributed by atoms with Gasteiger partial charge in [0.1, 0.15) is 18.1 Å². The lowest BCUT2D eigenvalue weighted by atomic mass is 10.1. The summed E-state index contributed by atoms with van der Waals surface area (Å²) in [4.78, 5) is 12.7. The van der Waals surface area contributed by atoms with Crippen LogP contribution in [0.2, 0.25) is 0 Å². The Morgan fingerprint density at radius 1 is 0.871 bits per heavy atom. The van der Waals surface area contributed by atoms with Gasteiger partial charge in [0.2, 0.25) is 0 Å². The van der Waals surface area contributed by atoms with Gasteiger partial charge in [0.25, 0.3) is 5.91 Å². The Hall–Kier alpha value is -4.12. The number of hydrazone groups is 1. The van der Waals surface area contributed by atoms with Gasteiger partial charge in [-0.2, -0.15) is 5.10 Å². The quantitative estimate of drug-likeness (QED) is 0.337. The highest BCUT2D eigenvalue weighted by Gasteiger charge is 2.13. The molecule has 5 heteroatoms. The van der Waals surface area contributed by atoms with Crippen LogP contribution in [0, 0.1) is 0 Å².